The summed E-state index contributed by atoms with van der Waals surface area (Å²) in [4.78, 5) is 16.9. The second-order valence-corrected chi connectivity index (χ2v) is 5.35. The minimum absolute atomic E-state index is 0.00715. The van der Waals surface area contributed by atoms with Crippen molar-refractivity contribution in [2.75, 3.05) is 26.8 Å². The molecule has 1 saturated heterocycles. The van der Waals surface area contributed by atoms with E-state index in [1.54, 1.807) is 12.2 Å². The van der Waals surface area contributed by atoms with Gasteiger partial charge in [0, 0.05) is 25.6 Å². The topological polar surface area (TPSA) is 64.8 Å². The van der Waals surface area contributed by atoms with Crippen molar-refractivity contribution in [2.24, 2.45) is 17.1 Å². The number of nitrogens with two attached hydrogens (primary N) is 1. The zero-order valence-electron chi connectivity index (χ0n) is 10.5. The number of hydroxylamine groups is 2. The average molecular weight is 230 g/mol. The molecule has 1 aliphatic heterocycles. The van der Waals surface area contributed by atoms with Gasteiger partial charge in [0.05, 0.1) is 18.6 Å². The zero-order chi connectivity index (χ0) is 12.3. The van der Waals surface area contributed by atoms with Crippen molar-refractivity contribution in [1.82, 2.24) is 5.06 Å². The van der Waals surface area contributed by atoms with E-state index >= 15 is 0 Å². The Morgan fingerprint density at radius 3 is 2.56 bits per heavy atom. The number of carbonyl (C=O) groups is 1. The van der Waals surface area contributed by atoms with Gasteiger partial charge in [-0.05, 0) is 20.8 Å². The standard InChI is InChI=1S/C11H22N2O3/c1-11(2,3)10(14)16-13-5-8(7-15-4)9(12)6-13/h8-9H,5-7,12H2,1-4H3. The van der Waals surface area contributed by atoms with E-state index < -0.39 is 5.41 Å². The van der Waals surface area contributed by atoms with Gasteiger partial charge in [0.15, 0.2) is 0 Å². The summed E-state index contributed by atoms with van der Waals surface area (Å²) in [5.74, 6) is 0.00975. The first-order chi connectivity index (χ1) is 7.34. The van der Waals surface area contributed by atoms with Gasteiger partial charge in [-0.15, -0.1) is 5.06 Å². The highest BCUT2D eigenvalue weighted by Gasteiger charge is 2.34. The summed E-state index contributed by atoms with van der Waals surface area (Å²) in [7, 11) is 1.65. The molecule has 0 radical (unpaired) electrons. The Morgan fingerprint density at radius 2 is 2.06 bits per heavy atom. The van der Waals surface area contributed by atoms with E-state index in [4.69, 9.17) is 15.3 Å². The third-order valence-corrected chi connectivity index (χ3v) is 2.66. The molecule has 0 spiro atoms. The predicted molar refractivity (Wildman–Crippen MR) is 60.5 cm³/mol. The van der Waals surface area contributed by atoms with Gasteiger partial charge in [-0.3, -0.25) is 0 Å². The molecular formula is C11H22N2O3. The SMILES string of the molecule is COCC1CN(OC(=O)C(C)(C)C)CC1N. The molecule has 1 fully saturated rings. The van der Waals surface area contributed by atoms with Crippen LogP contribution in [0.25, 0.3) is 0 Å². The maximum Gasteiger partial charge on any atom is 0.330 e. The lowest BCUT2D eigenvalue weighted by Crippen LogP contribution is -2.34. The van der Waals surface area contributed by atoms with Crippen LogP contribution in [0.4, 0.5) is 0 Å². The second-order valence-electron chi connectivity index (χ2n) is 5.35. The summed E-state index contributed by atoms with van der Waals surface area (Å²) in [6.45, 7) is 7.32. The molecule has 2 unspecified atom stereocenters. The maximum absolute atomic E-state index is 11.7. The van der Waals surface area contributed by atoms with E-state index in [0.717, 1.165) is 0 Å². The van der Waals surface area contributed by atoms with Crippen LogP contribution in [0.1, 0.15) is 20.8 Å². The molecule has 2 atom stereocenters. The molecule has 5 heteroatoms. The fraction of sp³-hybridized carbons (Fsp3) is 0.909. The van der Waals surface area contributed by atoms with Crippen molar-refractivity contribution < 1.29 is 14.4 Å². The Morgan fingerprint density at radius 1 is 1.44 bits per heavy atom. The third kappa shape index (κ3) is 3.43. The molecule has 1 heterocycles. The Bertz CT molecular complexity index is 250. The number of hydrogen-bond donors (Lipinski definition) is 1. The lowest BCUT2D eigenvalue weighted by Gasteiger charge is -2.21. The fourth-order valence-electron chi connectivity index (χ4n) is 1.57. The number of rotatable bonds is 3. The third-order valence-electron chi connectivity index (χ3n) is 2.66. The quantitative estimate of drug-likeness (QED) is 0.760. The lowest BCUT2D eigenvalue weighted by atomic mass is 9.98. The summed E-state index contributed by atoms with van der Waals surface area (Å²) >= 11 is 0. The number of carbonyl (C=O) groups excluding carboxylic acids is 1. The van der Waals surface area contributed by atoms with Gasteiger partial charge in [-0.1, -0.05) is 0 Å². The van der Waals surface area contributed by atoms with Gasteiger partial charge >= 0.3 is 5.97 Å². The highest BCUT2D eigenvalue weighted by atomic mass is 16.7. The molecule has 94 valence electrons. The highest BCUT2D eigenvalue weighted by molar-refractivity contribution is 5.75. The molecule has 0 aromatic carbocycles. The van der Waals surface area contributed by atoms with Gasteiger partial charge in [0.1, 0.15) is 0 Å². The molecule has 5 nitrogen and oxygen atoms in total. The number of ether oxygens (including phenoxy) is 1. The van der Waals surface area contributed by atoms with E-state index in [1.165, 1.54) is 0 Å². The van der Waals surface area contributed by atoms with Crippen molar-refractivity contribution in [2.45, 2.75) is 26.8 Å². The average Bonchev–Trinajstić information content (AvgIpc) is 2.46. The molecule has 1 rings (SSSR count). The van der Waals surface area contributed by atoms with Crippen molar-refractivity contribution in [1.29, 1.82) is 0 Å². The van der Waals surface area contributed by atoms with Crippen LogP contribution >= 0.6 is 0 Å². The highest BCUT2D eigenvalue weighted by Crippen LogP contribution is 2.20. The smallest absolute Gasteiger partial charge is 0.330 e. The second kappa shape index (κ2) is 5.12. The van der Waals surface area contributed by atoms with Crippen molar-refractivity contribution in [3.8, 4) is 0 Å². The van der Waals surface area contributed by atoms with E-state index in [-0.39, 0.29) is 17.9 Å². The minimum atomic E-state index is -0.483. The van der Waals surface area contributed by atoms with Gasteiger partial charge in [0.25, 0.3) is 0 Å². The first-order valence-corrected chi connectivity index (χ1v) is 5.56. The largest absolute Gasteiger partial charge is 0.384 e. The van der Waals surface area contributed by atoms with Crippen LogP contribution in [-0.4, -0.2) is 43.9 Å². The predicted octanol–water partition coefficient (Wildman–Crippen LogP) is 0.396. The molecule has 0 aromatic heterocycles. The monoisotopic (exact) mass is 230 g/mol. The van der Waals surface area contributed by atoms with E-state index in [1.807, 2.05) is 20.8 Å². The number of nitrogens with zero attached hydrogens (tertiary/aromatic N) is 1. The van der Waals surface area contributed by atoms with E-state index in [0.29, 0.717) is 19.7 Å². The van der Waals surface area contributed by atoms with Crippen LogP contribution in [0.2, 0.25) is 0 Å². The molecule has 2 N–H and O–H groups in total. The lowest BCUT2D eigenvalue weighted by molar-refractivity contribution is -0.196. The summed E-state index contributed by atoms with van der Waals surface area (Å²) in [5, 5.41) is 1.64. The summed E-state index contributed by atoms with van der Waals surface area (Å²) in [6.07, 6.45) is 0. The Labute approximate surface area is 96.8 Å². The van der Waals surface area contributed by atoms with Crippen LogP contribution < -0.4 is 5.73 Å². The molecule has 1 aliphatic rings. The molecule has 0 aliphatic carbocycles. The molecule has 0 amide bonds. The van der Waals surface area contributed by atoms with Crippen LogP contribution in [0.15, 0.2) is 0 Å². The van der Waals surface area contributed by atoms with Gasteiger partial charge in [0.2, 0.25) is 0 Å². The van der Waals surface area contributed by atoms with Crippen molar-refractivity contribution in [3.63, 3.8) is 0 Å². The zero-order valence-corrected chi connectivity index (χ0v) is 10.5. The molecule has 16 heavy (non-hydrogen) atoms. The van der Waals surface area contributed by atoms with Crippen LogP contribution in [0.3, 0.4) is 0 Å². The van der Waals surface area contributed by atoms with Gasteiger partial charge in [-0.2, -0.15) is 0 Å². The van der Waals surface area contributed by atoms with E-state index in [2.05, 4.69) is 0 Å². The van der Waals surface area contributed by atoms with Crippen LogP contribution in [0, 0.1) is 11.3 Å². The number of hydrogen-bond acceptors (Lipinski definition) is 5. The first-order valence-electron chi connectivity index (χ1n) is 5.56. The normalized spacial score (nSPS) is 27.1. The molecule has 0 bridgehead atoms. The Balaban J connectivity index is 2.44. The van der Waals surface area contributed by atoms with Crippen molar-refractivity contribution >= 4 is 5.97 Å². The van der Waals surface area contributed by atoms with Gasteiger partial charge < -0.3 is 15.3 Å². The molecular weight excluding hydrogens is 208 g/mol. The Kier molecular flexibility index (Phi) is 4.29. The molecule has 0 saturated carbocycles. The van der Waals surface area contributed by atoms with Crippen molar-refractivity contribution in [3.05, 3.63) is 0 Å². The minimum Gasteiger partial charge on any atom is -0.384 e. The maximum atomic E-state index is 11.7. The summed E-state index contributed by atoms with van der Waals surface area (Å²) in [6, 6.07) is 0.00715. The molecule has 0 aromatic rings. The van der Waals surface area contributed by atoms with Crippen LogP contribution in [0.5, 0.6) is 0 Å². The van der Waals surface area contributed by atoms with E-state index in [9.17, 15) is 4.79 Å². The summed E-state index contributed by atoms with van der Waals surface area (Å²) < 4.78 is 5.07. The van der Waals surface area contributed by atoms with Crippen LogP contribution in [-0.2, 0) is 14.4 Å². The van der Waals surface area contributed by atoms with Gasteiger partial charge in [-0.25, -0.2) is 4.79 Å². The summed E-state index contributed by atoms with van der Waals surface area (Å²) in [5.41, 5.74) is 5.44. The Hall–Kier alpha value is -0.650. The number of methoxy groups -OCH3 is 1. The fourth-order valence-corrected chi connectivity index (χ4v) is 1.57. The first kappa shape index (κ1) is 13.4.